The molecule has 0 radical (unpaired) electrons. The number of fused-ring (bicyclic) bond motifs is 1. The monoisotopic (exact) mass is 516 g/mol. The molecule has 9 heteroatoms. The molecule has 0 spiro atoms. The van der Waals surface area contributed by atoms with Crippen LogP contribution in [0.3, 0.4) is 0 Å². The minimum atomic E-state index is -4.14. The van der Waals surface area contributed by atoms with Crippen LogP contribution in [0, 0.1) is 12.7 Å². The van der Waals surface area contributed by atoms with Crippen molar-refractivity contribution in [1.29, 1.82) is 0 Å². The zero-order valence-electron chi connectivity index (χ0n) is 19.6. The SMILES string of the molecule is Cc1ccc2c(c1)OC(C)(C)CC2NC(=O)CN(c1ccc(F)c(Cl)c1)S(=O)(=O)c1ccccc1. The molecule has 4 rings (SSSR count). The van der Waals surface area contributed by atoms with Gasteiger partial charge in [-0.2, -0.15) is 0 Å². The summed E-state index contributed by atoms with van der Waals surface area (Å²) in [5.41, 5.74) is 1.41. The Bertz CT molecular complexity index is 1360. The van der Waals surface area contributed by atoms with E-state index in [-0.39, 0.29) is 21.6 Å². The lowest BCUT2D eigenvalue weighted by atomic mass is 9.89. The van der Waals surface area contributed by atoms with Gasteiger partial charge in [-0.1, -0.05) is 41.9 Å². The smallest absolute Gasteiger partial charge is 0.264 e. The average Bonchev–Trinajstić information content (AvgIpc) is 2.79. The number of ether oxygens (including phenoxy) is 1. The Morgan fingerprint density at radius 3 is 2.54 bits per heavy atom. The fraction of sp³-hybridized carbons (Fsp3) is 0.269. The van der Waals surface area contributed by atoms with Gasteiger partial charge in [-0.05, 0) is 62.7 Å². The van der Waals surface area contributed by atoms with Crippen LogP contribution in [0.25, 0.3) is 0 Å². The Morgan fingerprint density at radius 1 is 1.14 bits per heavy atom. The topological polar surface area (TPSA) is 75.7 Å². The number of nitrogens with zero attached hydrogens (tertiary/aromatic N) is 1. The highest BCUT2D eigenvalue weighted by Crippen LogP contribution is 2.40. The van der Waals surface area contributed by atoms with E-state index in [2.05, 4.69) is 5.32 Å². The normalized spacial score (nSPS) is 16.7. The molecule has 0 saturated heterocycles. The molecule has 1 atom stereocenters. The fourth-order valence-electron chi connectivity index (χ4n) is 4.13. The van der Waals surface area contributed by atoms with Crippen molar-refractivity contribution in [3.05, 3.63) is 88.7 Å². The second kappa shape index (κ2) is 9.51. The number of carbonyl (C=O) groups is 1. The largest absolute Gasteiger partial charge is 0.487 e. The first kappa shape index (κ1) is 25.0. The molecule has 184 valence electrons. The van der Waals surface area contributed by atoms with Crippen LogP contribution in [0.2, 0.25) is 5.02 Å². The van der Waals surface area contributed by atoms with E-state index in [0.29, 0.717) is 12.2 Å². The number of rotatable bonds is 6. The van der Waals surface area contributed by atoms with Gasteiger partial charge in [0.25, 0.3) is 10.0 Å². The van der Waals surface area contributed by atoms with E-state index in [1.165, 1.54) is 24.3 Å². The molecule has 0 saturated carbocycles. The van der Waals surface area contributed by atoms with Crippen LogP contribution in [0.5, 0.6) is 5.75 Å². The lowest BCUT2D eigenvalue weighted by molar-refractivity contribution is -0.120. The summed E-state index contributed by atoms with van der Waals surface area (Å²) in [5, 5.41) is 2.72. The lowest BCUT2D eigenvalue weighted by Crippen LogP contribution is -2.45. The van der Waals surface area contributed by atoms with E-state index in [1.807, 2.05) is 39.0 Å². The number of hydrogen-bond acceptors (Lipinski definition) is 4. The molecular weight excluding hydrogens is 491 g/mol. The number of nitrogens with one attached hydrogen (secondary N) is 1. The highest BCUT2D eigenvalue weighted by atomic mass is 35.5. The number of benzene rings is 3. The van der Waals surface area contributed by atoms with Crippen LogP contribution in [0.4, 0.5) is 10.1 Å². The maximum atomic E-state index is 13.8. The molecule has 1 heterocycles. The summed E-state index contributed by atoms with van der Waals surface area (Å²) in [6.07, 6.45) is 0.503. The molecule has 0 fully saturated rings. The van der Waals surface area contributed by atoms with Gasteiger partial charge >= 0.3 is 0 Å². The van der Waals surface area contributed by atoms with Crippen LogP contribution in [0.1, 0.15) is 37.4 Å². The molecule has 1 unspecified atom stereocenters. The van der Waals surface area contributed by atoms with Gasteiger partial charge in [0.05, 0.1) is 21.6 Å². The third kappa shape index (κ3) is 5.44. The summed E-state index contributed by atoms with van der Waals surface area (Å²) in [6, 6.07) is 16.7. The first-order chi connectivity index (χ1) is 16.5. The van der Waals surface area contributed by atoms with Gasteiger partial charge in [-0.15, -0.1) is 0 Å². The standard InChI is InChI=1S/C26H26ClFN2O4S/c1-17-9-11-20-23(15-26(2,3)34-24(20)13-17)29-25(31)16-30(18-10-12-22(28)21(27)14-18)35(32,33)19-7-5-4-6-8-19/h4-14,23H,15-16H2,1-3H3,(H,29,31). The summed E-state index contributed by atoms with van der Waals surface area (Å²) < 4.78 is 47.8. The molecule has 1 aliphatic heterocycles. The zero-order valence-corrected chi connectivity index (χ0v) is 21.2. The molecule has 0 aliphatic carbocycles. The average molecular weight is 517 g/mol. The van der Waals surface area contributed by atoms with E-state index < -0.39 is 33.9 Å². The highest BCUT2D eigenvalue weighted by Gasteiger charge is 2.35. The summed E-state index contributed by atoms with van der Waals surface area (Å²) >= 11 is 5.94. The van der Waals surface area contributed by atoms with Gasteiger partial charge < -0.3 is 10.1 Å². The summed E-state index contributed by atoms with van der Waals surface area (Å²) in [6.45, 7) is 5.31. The number of aryl methyl sites for hydroxylation is 1. The van der Waals surface area contributed by atoms with Crippen LogP contribution in [-0.2, 0) is 14.8 Å². The molecule has 0 aromatic heterocycles. The maximum Gasteiger partial charge on any atom is 0.264 e. The van der Waals surface area contributed by atoms with Crippen molar-refractivity contribution in [2.45, 2.75) is 43.7 Å². The minimum Gasteiger partial charge on any atom is -0.487 e. The number of halogens is 2. The quantitative estimate of drug-likeness (QED) is 0.476. The Labute approximate surface area is 209 Å². The second-order valence-corrected chi connectivity index (χ2v) is 11.4. The van der Waals surface area contributed by atoms with Crippen molar-refractivity contribution >= 4 is 33.2 Å². The lowest BCUT2D eigenvalue weighted by Gasteiger charge is -2.38. The van der Waals surface area contributed by atoms with Crippen molar-refractivity contribution in [1.82, 2.24) is 5.32 Å². The van der Waals surface area contributed by atoms with Crippen molar-refractivity contribution < 1.29 is 22.3 Å². The summed E-state index contributed by atoms with van der Waals surface area (Å²) in [4.78, 5) is 13.2. The van der Waals surface area contributed by atoms with Crippen molar-refractivity contribution in [3.8, 4) is 5.75 Å². The van der Waals surface area contributed by atoms with Crippen LogP contribution in [-0.4, -0.2) is 26.5 Å². The maximum absolute atomic E-state index is 13.8. The molecular formula is C26H26ClFN2O4S. The summed E-state index contributed by atoms with van der Waals surface area (Å²) in [5.74, 6) is -0.516. The predicted octanol–water partition coefficient (Wildman–Crippen LogP) is 5.40. The number of anilines is 1. The Morgan fingerprint density at radius 2 is 1.86 bits per heavy atom. The fourth-order valence-corrected chi connectivity index (χ4v) is 5.74. The Balaban J connectivity index is 1.66. The molecule has 3 aromatic carbocycles. The van der Waals surface area contributed by atoms with Gasteiger partial charge in [0.15, 0.2) is 0 Å². The molecule has 3 aromatic rings. The first-order valence-corrected chi connectivity index (χ1v) is 12.9. The van der Waals surface area contributed by atoms with Crippen LogP contribution >= 0.6 is 11.6 Å². The van der Waals surface area contributed by atoms with Gasteiger partial charge in [0.2, 0.25) is 5.91 Å². The molecule has 35 heavy (non-hydrogen) atoms. The molecule has 1 amide bonds. The number of sulfonamides is 1. The van der Waals surface area contributed by atoms with Gasteiger partial charge in [0, 0.05) is 12.0 Å². The number of carbonyl (C=O) groups excluding carboxylic acids is 1. The third-order valence-corrected chi connectivity index (χ3v) is 7.85. The van der Waals surface area contributed by atoms with E-state index in [9.17, 15) is 17.6 Å². The number of amides is 1. The van der Waals surface area contributed by atoms with Crippen LogP contribution < -0.4 is 14.4 Å². The Hall–Kier alpha value is -3.10. The van der Waals surface area contributed by atoms with Crippen molar-refractivity contribution in [3.63, 3.8) is 0 Å². The van der Waals surface area contributed by atoms with Crippen molar-refractivity contribution in [2.24, 2.45) is 0 Å². The minimum absolute atomic E-state index is 0.00117. The number of hydrogen-bond donors (Lipinski definition) is 1. The predicted molar refractivity (Wildman–Crippen MR) is 134 cm³/mol. The molecule has 6 nitrogen and oxygen atoms in total. The molecule has 1 aliphatic rings. The zero-order chi connectivity index (χ0) is 25.4. The van der Waals surface area contributed by atoms with Gasteiger partial charge in [-0.3, -0.25) is 9.10 Å². The van der Waals surface area contributed by atoms with E-state index in [1.54, 1.807) is 18.2 Å². The third-order valence-electron chi connectivity index (χ3n) is 5.77. The van der Waals surface area contributed by atoms with E-state index in [4.69, 9.17) is 16.3 Å². The molecule has 0 bridgehead atoms. The summed E-state index contributed by atoms with van der Waals surface area (Å²) in [7, 11) is -4.14. The van der Waals surface area contributed by atoms with E-state index in [0.717, 1.165) is 21.5 Å². The Kier molecular flexibility index (Phi) is 6.79. The highest BCUT2D eigenvalue weighted by molar-refractivity contribution is 7.92. The van der Waals surface area contributed by atoms with Gasteiger partial charge in [-0.25, -0.2) is 12.8 Å². The molecule has 1 N–H and O–H groups in total. The van der Waals surface area contributed by atoms with Crippen molar-refractivity contribution in [2.75, 3.05) is 10.8 Å². The second-order valence-electron chi connectivity index (χ2n) is 9.15. The first-order valence-electron chi connectivity index (χ1n) is 11.1. The van der Waals surface area contributed by atoms with Gasteiger partial charge in [0.1, 0.15) is 23.7 Å². The van der Waals surface area contributed by atoms with Crippen LogP contribution in [0.15, 0.2) is 71.6 Å². The van der Waals surface area contributed by atoms with E-state index >= 15 is 0 Å².